The van der Waals surface area contributed by atoms with Gasteiger partial charge in [-0.1, -0.05) is 0 Å². The van der Waals surface area contributed by atoms with Crippen molar-refractivity contribution in [2.75, 3.05) is 13.2 Å². The Kier molecular flexibility index (Phi) is 3.22. The lowest BCUT2D eigenvalue weighted by Crippen LogP contribution is -2.36. The molecule has 1 amide bonds. The van der Waals surface area contributed by atoms with Crippen LogP contribution in [0.4, 0.5) is 0 Å². The monoisotopic (exact) mass is 311 g/mol. The van der Waals surface area contributed by atoms with Crippen LogP contribution in [-0.4, -0.2) is 49.0 Å². The maximum absolute atomic E-state index is 12.4. The highest BCUT2D eigenvalue weighted by atomic mass is 32.2. The van der Waals surface area contributed by atoms with Crippen LogP contribution in [0.3, 0.4) is 0 Å². The van der Waals surface area contributed by atoms with Crippen LogP contribution in [0.5, 0.6) is 0 Å². The molecule has 0 radical (unpaired) electrons. The van der Waals surface area contributed by atoms with Crippen molar-refractivity contribution in [2.45, 2.75) is 23.8 Å². The lowest BCUT2D eigenvalue weighted by molar-refractivity contribution is 0.0692. The van der Waals surface area contributed by atoms with Crippen LogP contribution < -0.4 is 0 Å². The van der Waals surface area contributed by atoms with E-state index >= 15 is 0 Å². The standard InChI is InChI=1S/C13H13NO6S/c15-12-10-4-3-8(13(16)17)6-11(10)21(18,19)14(12)7-9-2-1-5-20-9/h3-4,6,9H,1-2,5,7H2,(H,16,17)/t9-/m0/s1. The number of carbonyl (C=O) groups excluding carboxylic acids is 1. The number of hydrogen-bond donors (Lipinski definition) is 1. The van der Waals surface area contributed by atoms with Crippen LogP contribution in [0.25, 0.3) is 0 Å². The van der Waals surface area contributed by atoms with E-state index in [4.69, 9.17) is 9.84 Å². The lowest BCUT2D eigenvalue weighted by atomic mass is 10.1. The highest BCUT2D eigenvalue weighted by Gasteiger charge is 2.42. The van der Waals surface area contributed by atoms with Gasteiger partial charge in [-0.2, -0.15) is 0 Å². The third-order valence-corrected chi connectivity index (χ3v) is 5.44. The van der Waals surface area contributed by atoms with E-state index in [0.717, 1.165) is 16.8 Å². The molecular weight excluding hydrogens is 298 g/mol. The van der Waals surface area contributed by atoms with Crippen molar-refractivity contribution < 1.29 is 27.9 Å². The number of carboxylic acid groups (broad SMARTS) is 1. The molecule has 0 unspecified atom stereocenters. The molecular formula is C13H13NO6S. The Bertz CT molecular complexity index is 720. The highest BCUT2D eigenvalue weighted by molar-refractivity contribution is 7.90. The van der Waals surface area contributed by atoms with Crippen LogP contribution in [0, 0.1) is 0 Å². The molecule has 1 saturated heterocycles. The average molecular weight is 311 g/mol. The third kappa shape index (κ3) is 2.20. The smallest absolute Gasteiger partial charge is 0.335 e. The van der Waals surface area contributed by atoms with Gasteiger partial charge in [0.05, 0.1) is 23.8 Å². The first kappa shape index (κ1) is 14.0. The van der Waals surface area contributed by atoms with Gasteiger partial charge in [0.1, 0.15) is 4.90 Å². The minimum absolute atomic E-state index is 0.0120. The summed E-state index contributed by atoms with van der Waals surface area (Å²) >= 11 is 0. The number of ether oxygens (including phenoxy) is 1. The van der Waals surface area contributed by atoms with E-state index in [1.54, 1.807) is 0 Å². The van der Waals surface area contributed by atoms with Gasteiger partial charge < -0.3 is 9.84 Å². The Morgan fingerprint density at radius 2 is 2.19 bits per heavy atom. The van der Waals surface area contributed by atoms with Crippen molar-refractivity contribution in [3.05, 3.63) is 29.3 Å². The zero-order chi connectivity index (χ0) is 15.2. The Hall–Kier alpha value is -1.93. The van der Waals surface area contributed by atoms with E-state index in [1.807, 2.05) is 0 Å². The number of carbonyl (C=O) groups is 2. The van der Waals surface area contributed by atoms with Crippen LogP contribution in [0.15, 0.2) is 23.1 Å². The number of amides is 1. The molecule has 7 nitrogen and oxygen atoms in total. The molecule has 0 aliphatic carbocycles. The van der Waals surface area contributed by atoms with E-state index < -0.39 is 21.9 Å². The van der Waals surface area contributed by atoms with Crippen molar-refractivity contribution in [2.24, 2.45) is 0 Å². The summed E-state index contributed by atoms with van der Waals surface area (Å²) in [5.74, 6) is -1.87. The summed E-state index contributed by atoms with van der Waals surface area (Å²) in [6.45, 7) is 0.529. The Labute approximate surface area is 121 Å². The topological polar surface area (TPSA) is 101 Å². The molecule has 1 atom stereocenters. The van der Waals surface area contributed by atoms with Gasteiger partial charge >= 0.3 is 5.97 Å². The van der Waals surface area contributed by atoms with Crippen LogP contribution in [0.1, 0.15) is 33.6 Å². The Balaban J connectivity index is 1.99. The van der Waals surface area contributed by atoms with Gasteiger partial charge in [0.15, 0.2) is 0 Å². The van der Waals surface area contributed by atoms with E-state index in [9.17, 15) is 18.0 Å². The second-order valence-electron chi connectivity index (χ2n) is 4.99. The third-order valence-electron chi connectivity index (χ3n) is 3.65. The molecule has 0 spiro atoms. The van der Waals surface area contributed by atoms with Crippen molar-refractivity contribution in [3.8, 4) is 0 Å². The Morgan fingerprint density at radius 3 is 2.81 bits per heavy atom. The number of carboxylic acids is 1. The SMILES string of the molecule is O=C(O)c1ccc2c(c1)S(=O)(=O)N(C[C@@H]1CCCO1)C2=O. The van der Waals surface area contributed by atoms with E-state index in [0.29, 0.717) is 13.0 Å². The van der Waals surface area contributed by atoms with Crippen molar-refractivity contribution in [1.82, 2.24) is 4.31 Å². The number of nitrogens with zero attached hydrogens (tertiary/aromatic N) is 1. The first-order valence-electron chi connectivity index (χ1n) is 6.47. The van der Waals surface area contributed by atoms with Gasteiger partial charge in [0, 0.05) is 6.61 Å². The van der Waals surface area contributed by atoms with Gasteiger partial charge in [-0.3, -0.25) is 4.79 Å². The largest absolute Gasteiger partial charge is 0.478 e. The molecule has 1 aromatic carbocycles. The molecule has 2 aliphatic heterocycles. The second kappa shape index (κ2) is 4.81. The van der Waals surface area contributed by atoms with Crippen LogP contribution >= 0.6 is 0 Å². The number of fused-ring (bicyclic) bond motifs is 1. The average Bonchev–Trinajstić information content (AvgIpc) is 3.01. The van der Waals surface area contributed by atoms with E-state index in [-0.39, 0.29) is 28.7 Å². The lowest BCUT2D eigenvalue weighted by Gasteiger charge is -2.18. The summed E-state index contributed by atoms with van der Waals surface area (Å²) < 4.78 is 31.0. The molecule has 112 valence electrons. The van der Waals surface area contributed by atoms with Gasteiger partial charge in [-0.15, -0.1) is 0 Å². The minimum atomic E-state index is -4.00. The fourth-order valence-corrected chi connectivity index (χ4v) is 4.19. The van der Waals surface area contributed by atoms with Crippen LogP contribution in [0.2, 0.25) is 0 Å². The summed E-state index contributed by atoms with van der Waals surface area (Å²) in [5, 5.41) is 8.93. The molecule has 0 saturated carbocycles. The van der Waals surface area contributed by atoms with E-state index in [1.165, 1.54) is 12.1 Å². The Morgan fingerprint density at radius 1 is 1.43 bits per heavy atom. The molecule has 1 aromatic rings. The van der Waals surface area contributed by atoms with E-state index in [2.05, 4.69) is 0 Å². The molecule has 2 aliphatic rings. The van der Waals surface area contributed by atoms with Crippen LogP contribution in [-0.2, 0) is 14.8 Å². The number of aromatic carboxylic acids is 1. The zero-order valence-electron chi connectivity index (χ0n) is 11.0. The first-order valence-corrected chi connectivity index (χ1v) is 7.91. The van der Waals surface area contributed by atoms with Gasteiger partial charge in [-0.05, 0) is 31.0 Å². The molecule has 3 rings (SSSR count). The van der Waals surface area contributed by atoms with Crippen molar-refractivity contribution >= 4 is 21.9 Å². The van der Waals surface area contributed by atoms with Gasteiger partial charge in [-0.25, -0.2) is 17.5 Å². The molecule has 8 heteroatoms. The summed E-state index contributed by atoms with van der Waals surface area (Å²) in [7, 11) is -4.00. The maximum atomic E-state index is 12.4. The molecule has 2 heterocycles. The van der Waals surface area contributed by atoms with Crippen molar-refractivity contribution in [3.63, 3.8) is 0 Å². The molecule has 0 bridgehead atoms. The van der Waals surface area contributed by atoms with Gasteiger partial charge in [0.25, 0.3) is 15.9 Å². The normalized spacial score (nSPS) is 23.3. The summed E-state index contributed by atoms with van der Waals surface area (Å²) in [6, 6.07) is 3.50. The molecule has 1 fully saturated rings. The fourth-order valence-electron chi connectivity index (χ4n) is 2.56. The first-order chi connectivity index (χ1) is 9.91. The predicted molar refractivity (Wildman–Crippen MR) is 70.6 cm³/mol. The quantitative estimate of drug-likeness (QED) is 0.882. The molecule has 1 N–H and O–H groups in total. The highest BCUT2D eigenvalue weighted by Crippen LogP contribution is 2.32. The maximum Gasteiger partial charge on any atom is 0.335 e. The second-order valence-corrected chi connectivity index (χ2v) is 6.82. The number of benzene rings is 1. The predicted octanol–water partition coefficient (Wildman–Crippen LogP) is 0.708. The number of sulfonamides is 1. The summed E-state index contributed by atoms with van der Waals surface area (Å²) in [5.41, 5.74) is -0.151. The van der Waals surface area contributed by atoms with Gasteiger partial charge in [0.2, 0.25) is 0 Å². The molecule has 0 aromatic heterocycles. The molecule has 21 heavy (non-hydrogen) atoms. The zero-order valence-corrected chi connectivity index (χ0v) is 11.8. The fraction of sp³-hybridized carbons (Fsp3) is 0.385. The number of hydrogen-bond acceptors (Lipinski definition) is 5. The summed E-state index contributed by atoms with van der Waals surface area (Å²) in [4.78, 5) is 22.9. The number of rotatable bonds is 3. The summed E-state index contributed by atoms with van der Waals surface area (Å²) in [6.07, 6.45) is 1.25. The minimum Gasteiger partial charge on any atom is -0.478 e. The van der Waals surface area contributed by atoms with Crippen molar-refractivity contribution in [1.29, 1.82) is 0 Å².